The number of methoxy groups -OCH3 is 1. The predicted octanol–water partition coefficient (Wildman–Crippen LogP) is 1.78. The average Bonchev–Trinajstić information content (AvgIpc) is 2.30. The Hall–Kier alpha value is -0.970. The molecule has 0 spiro atoms. The van der Waals surface area contributed by atoms with Crippen molar-refractivity contribution in [3.8, 4) is 5.75 Å². The smallest absolute Gasteiger partial charge is 0.236 e. The first-order valence-electron chi connectivity index (χ1n) is 5.40. The molecule has 0 aliphatic rings. The largest absolute Gasteiger partial charge is 0.497 e. The lowest BCUT2D eigenvalue weighted by Gasteiger charge is -2.09. The van der Waals surface area contributed by atoms with Crippen molar-refractivity contribution in [2.75, 3.05) is 13.7 Å². The van der Waals surface area contributed by atoms with Crippen molar-refractivity contribution in [1.82, 2.24) is 5.32 Å². The number of amides is 1. The van der Waals surface area contributed by atoms with Gasteiger partial charge in [-0.3, -0.25) is 4.79 Å². The van der Waals surface area contributed by atoms with Gasteiger partial charge in [0.2, 0.25) is 5.91 Å². The Bertz CT molecular complexity index is 398. The summed E-state index contributed by atoms with van der Waals surface area (Å²) in [6.45, 7) is 2.17. The lowest BCUT2D eigenvalue weighted by Crippen LogP contribution is -2.39. The summed E-state index contributed by atoms with van der Waals surface area (Å²) in [6, 6.07) is 5.00. The van der Waals surface area contributed by atoms with Gasteiger partial charge in [-0.2, -0.15) is 0 Å². The molecule has 0 bridgehead atoms. The minimum Gasteiger partial charge on any atom is -0.497 e. The van der Waals surface area contributed by atoms with Crippen LogP contribution in [-0.4, -0.2) is 25.6 Å². The number of carbonyl (C=O) groups excluding carboxylic acids is 1. The zero-order valence-electron chi connectivity index (χ0n) is 10.4. The molecule has 1 amide bonds. The van der Waals surface area contributed by atoms with Crippen molar-refractivity contribution >= 4 is 29.9 Å². The molecule has 1 rings (SSSR count). The lowest BCUT2D eigenvalue weighted by molar-refractivity contribution is -0.121. The Kier molecular flexibility index (Phi) is 7.75. The number of hydrogen-bond donors (Lipinski definition) is 2. The summed E-state index contributed by atoms with van der Waals surface area (Å²) in [6.07, 6.45) is 0.668. The number of ether oxygens (including phenoxy) is 1. The monoisotopic (exact) mass is 292 g/mol. The highest BCUT2D eigenvalue weighted by Crippen LogP contribution is 2.22. The quantitative estimate of drug-likeness (QED) is 0.869. The van der Waals surface area contributed by atoms with Crippen LogP contribution in [0.25, 0.3) is 0 Å². The summed E-state index contributed by atoms with van der Waals surface area (Å²) in [4.78, 5) is 11.2. The Morgan fingerprint density at radius 3 is 2.72 bits per heavy atom. The fourth-order valence-electron chi connectivity index (χ4n) is 1.34. The second-order valence-electron chi connectivity index (χ2n) is 3.79. The minimum absolute atomic E-state index is 0. The number of nitrogens with two attached hydrogens (primary N) is 1. The van der Waals surface area contributed by atoms with Crippen LogP contribution in [0.2, 0.25) is 5.02 Å². The third-order valence-corrected chi connectivity index (χ3v) is 2.72. The van der Waals surface area contributed by atoms with Gasteiger partial charge in [-0.1, -0.05) is 17.7 Å². The number of hydrogen-bond acceptors (Lipinski definition) is 3. The third-order valence-electron chi connectivity index (χ3n) is 2.37. The van der Waals surface area contributed by atoms with E-state index in [4.69, 9.17) is 22.1 Å². The maximum absolute atomic E-state index is 11.2. The van der Waals surface area contributed by atoms with E-state index >= 15 is 0 Å². The molecule has 18 heavy (non-hydrogen) atoms. The summed E-state index contributed by atoms with van der Waals surface area (Å²) in [5, 5.41) is 3.37. The molecule has 0 unspecified atom stereocenters. The first kappa shape index (κ1) is 17.0. The van der Waals surface area contributed by atoms with E-state index in [0.717, 1.165) is 11.3 Å². The summed E-state index contributed by atoms with van der Waals surface area (Å²) < 4.78 is 5.05. The number of halogens is 2. The molecule has 6 heteroatoms. The molecule has 4 nitrogen and oxygen atoms in total. The number of carbonyl (C=O) groups is 1. The first-order chi connectivity index (χ1) is 8.04. The standard InChI is InChI=1S/C12H17ClN2O2.ClH/c1-8(14)12(16)15-6-5-9-3-4-10(17-2)7-11(9)13;/h3-4,7-8H,5-6,14H2,1-2H3,(H,15,16);1H/t8-;/m1./s1. The van der Waals surface area contributed by atoms with Gasteiger partial charge in [-0.05, 0) is 31.0 Å². The van der Waals surface area contributed by atoms with Gasteiger partial charge in [0.15, 0.2) is 0 Å². The fraction of sp³-hybridized carbons (Fsp3) is 0.417. The third kappa shape index (κ3) is 5.12. The molecule has 1 aromatic carbocycles. The number of rotatable bonds is 5. The maximum Gasteiger partial charge on any atom is 0.236 e. The van der Waals surface area contributed by atoms with Crippen LogP contribution in [0.4, 0.5) is 0 Å². The summed E-state index contributed by atoms with van der Waals surface area (Å²) in [7, 11) is 1.59. The Labute approximate surface area is 118 Å². The summed E-state index contributed by atoms with van der Waals surface area (Å²) >= 11 is 6.07. The van der Waals surface area contributed by atoms with E-state index in [1.807, 2.05) is 12.1 Å². The summed E-state index contributed by atoms with van der Waals surface area (Å²) in [5.74, 6) is 0.563. The molecule has 3 N–H and O–H groups in total. The fourth-order valence-corrected chi connectivity index (χ4v) is 1.60. The average molecular weight is 293 g/mol. The Morgan fingerprint density at radius 1 is 1.56 bits per heavy atom. The van der Waals surface area contributed by atoms with Gasteiger partial charge in [0.1, 0.15) is 5.75 Å². The molecule has 0 saturated heterocycles. The Morgan fingerprint density at radius 2 is 2.22 bits per heavy atom. The first-order valence-corrected chi connectivity index (χ1v) is 5.78. The minimum atomic E-state index is -0.485. The molecule has 0 aliphatic heterocycles. The molecule has 1 aromatic rings. The zero-order chi connectivity index (χ0) is 12.8. The topological polar surface area (TPSA) is 64.3 Å². The van der Waals surface area contributed by atoms with Crippen LogP contribution in [0.5, 0.6) is 5.75 Å². The number of nitrogens with one attached hydrogen (secondary N) is 1. The normalized spacial score (nSPS) is 11.3. The van der Waals surface area contributed by atoms with Crippen LogP contribution in [0, 0.1) is 0 Å². The van der Waals surface area contributed by atoms with Crippen molar-refractivity contribution in [3.05, 3.63) is 28.8 Å². The van der Waals surface area contributed by atoms with E-state index in [9.17, 15) is 4.79 Å². The van der Waals surface area contributed by atoms with Gasteiger partial charge < -0.3 is 15.8 Å². The van der Waals surface area contributed by atoms with E-state index in [-0.39, 0.29) is 18.3 Å². The SMILES string of the molecule is COc1ccc(CCNC(=O)[C@@H](C)N)c(Cl)c1.Cl. The maximum atomic E-state index is 11.2. The molecule has 0 aromatic heterocycles. The molecule has 0 fully saturated rings. The molecular weight excluding hydrogens is 275 g/mol. The van der Waals surface area contributed by atoms with Crippen LogP contribution in [0.15, 0.2) is 18.2 Å². The molecule has 0 heterocycles. The summed E-state index contributed by atoms with van der Waals surface area (Å²) in [5.41, 5.74) is 6.40. The van der Waals surface area contributed by atoms with Crippen LogP contribution in [-0.2, 0) is 11.2 Å². The molecule has 102 valence electrons. The van der Waals surface area contributed by atoms with E-state index < -0.39 is 6.04 Å². The highest BCUT2D eigenvalue weighted by molar-refractivity contribution is 6.31. The van der Waals surface area contributed by atoms with E-state index in [1.54, 1.807) is 20.1 Å². The van der Waals surface area contributed by atoms with E-state index in [0.29, 0.717) is 18.0 Å². The highest BCUT2D eigenvalue weighted by Gasteiger charge is 2.07. The van der Waals surface area contributed by atoms with Gasteiger partial charge in [-0.25, -0.2) is 0 Å². The second-order valence-corrected chi connectivity index (χ2v) is 4.19. The van der Waals surface area contributed by atoms with E-state index in [1.165, 1.54) is 0 Å². The van der Waals surface area contributed by atoms with Crippen LogP contribution >= 0.6 is 24.0 Å². The van der Waals surface area contributed by atoms with Crippen molar-refractivity contribution in [2.24, 2.45) is 5.73 Å². The molecule has 0 radical (unpaired) electrons. The van der Waals surface area contributed by atoms with Gasteiger partial charge >= 0.3 is 0 Å². The predicted molar refractivity (Wildman–Crippen MR) is 75.6 cm³/mol. The molecular formula is C12H18Cl2N2O2. The van der Waals surface area contributed by atoms with Crippen molar-refractivity contribution in [2.45, 2.75) is 19.4 Å². The van der Waals surface area contributed by atoms with Crippen molar-refractivity contribution < 1.29 is 9.53 Å². The van der Waals surface area contributed by atoms with Crippen molar-refractivity contribution in [3.63, 3.8) is 0 Å². The van der Waals surface area contributed by atoms with Crippen LogP contribution in [0.3, 0.4) is 0 Å². The Balaban J connectivity index is 0.00000289. The lowest BCUT2D eigenvalue weighted by atomic mass is 10.1. The van der Waals surface area contributed by atoms with E-state index in [2.05, 4.69) is 5.32 Å². The van der Waals surface area contributed by atoms with Gasteiger partial charge in [0.05, 0.1) is 13.2 Å². The van der Waals surface area contributed by atoms with Crippen LogP contribution < -0.4 is 15.8 Å². The van der Waals surface area contributed by atoms with Crippen LogP contribution in [0.1, 0.15) is 12.5 Å². The second kappa shape index (κ2) is 8.19. The van der Waals surface area contributed by atoms with Gasteiger partial charge in [0, 0.05) is 11.6 Å². The molecule has 1 atom stereocenters. The van der Waals surface area contributed by atoms with Crippen molar-refractivity contribution in [1.29, 1.82) is 0 Å². The van der Waals surface area contributed by atoms with Gasteiger partial charge in [0.25, 0.3) is 0 Å². The highest BCUT2D eigenvalue weighted by atomic mass is 35.5. The molecule has 0 aliphatic carbocycles. The number of benzene rings is 1. The zero-order valence-corrected chi connectivity index (χ0v) is 12.0. The van der Waals surface area contributed by atoms with Gasteiger partial charge in [-0.15, -0.1) is 12.4 Å². The molecule has 0 saturated carbocycles.